The monoisotopic (exact) mass is 314 g/mol. The Morgan fingerprint density at radius 3 is 2.56 bits per heavy atom. The van der Waals surface area contributed by atoms with Crippen molar-refractivity contribution in [1.29, 1.82) is 0 Å². The van der Waals surface area contributed by atoms with Crippen molar-refractivity contribution in [2.24, 2.45) is 0 Å². The van der Waals surface area contributed by atoms with Gasteiger partial charge in [0.25, 0.3) is 0 Å². The van der Waals surface area contributed by atoms with Crippen molar-refractivity contribution in [3.05, 3.63) is 45.8 Å². The van der Waals surface area contributed by atoms with Crippen LogP contribution >= 0.6 is 39.3 Å². The van der Waals surface area contributed by atoms with E-state index < -0.39 is 0 Å². The van der Waals surface area contributed by atoms with Crippen molar-refractivity contribution in [2.75, 3.05) is 0 Å². The molecule has 1 aromatic carbocycles. The molecule has 5 heteroatoms. The first-order valence-electron chi connectivity index (χ1n) is 4.57. The molecule has 0 fully saturated rings. The van der Waals surface area contributed by atoms with Gasteiger partial charge in [0.2, 0.25) is 0 Å². The van der Waals surface area contributed by atoms with Crippen molar-refractivity contribution < 1.29 is 0 Å². The fourth-order valence-corrected chi connectivity index (χ4v) is 2.43. The van der Waals surface area contributed by atoms with E-state index in [0.717, 1.165) is 20.0 Å². The summed E-state index contributed by atoms with van der Waals surface area (Å²) in [5.41, 5.74) is 0.914. The van der Waals surface area contributed by atoms with Crippen molar-refractivity contribution in [3.8, 4) is 0 Å². The molecule has 82 valence electrons. The summed E-state index contributed by atoms with van der Waals surface area (Å²) in [4.78, 5) is 9.27. The average molecular weight is 316 g/mol. The predicted octanol–water partition coefficient (Wildman–Crippen LogP) is 4.35. The molecule has 2 nitrogen and oxygen atoms in total. The standard InChI is InChI=1S/C11H8BrClN2S/c1-7-10(13)14-6-15-11(7)16-9-4-2-8(12)3-5-9/h2-6H,1H3. The van der Waals surface area contributed by atoms with E-state index >= 15 is 0 Å². The molecule has 0 N–H and O–H groups in total. The normalized spacial score (nSPS) is 10.4. The maximum atomic E-state index is 5.93. The Labute approximate surface area is 112 Å². The molecule has 0 spiro atoms. The third-order valence-corrected chi connectivity index (χ3v) is 4.03. The van der Waals surface area contributed by atoms with Crippen LogP contribution in [-0.2, 0) is 0 Å². The molecule has 0 saturated heterocycles. The zero-order valence-corrected chi connectivity index (χ0v) is 11.6. The third-order valence-electron chi connectivity index (χ3n) is 2.00. The molecule has 0 bridgehead atoms. The maximum absolute atomic E-state index is 5.93. The number of aromatic nitrogens is 2. The smallest absolute Gasteiger partial charge is 0.136 e. The molecule has 0 atom stereocenters. The van der Waals surface area contributed by atoms with E-state index in [9.17, 15) is 0 Å². The zero-order chi connectivity index (χ0) is 11.5. The lowest BCUT2D eigenvalue weighted by molar-refractivity contribution is 1.00. The van der Waals surface area contributed by atoms with Gasteiger partial charge in [-0.3, -0.25) is 0 Å². The van der Waals surface area contributed by atoms with E-state index in [-0.39, 0.29) is 0 Å². The van der Waals surface area contributed by atoms with E-state index in [1.54, 1.807) is 11.8 Å². The summed E-state index contributed by atoms with van der Waals surface area (Å²) in [5.74, 6) is 0. The average Bonchev–Trinajstić information content (AvgIpc) is 2.28. The Hall–Kier alpha value is -0.580. The fourth-order valence-electron chi connectivity index (χ4n) is 1.13. The van der Waals surface area contributed by atoms with Gasteiger partial charge >= 0.3 is 0 Å². The summed E-state index contributed by atoms with van der Waals surface area (Å²) in [6.45, 7) is 1.92. The van der Waals surface area contributed by atoms with Gasteiger partial charge in [0.05, 0.1) is 0 Å². The SMILES string of the molecule is Cc1c(Cl)ncnc1Sc1ccc(Br)cc1. The number of nitrogens with zero attached hydrogens (tertiary/aromatic N) is 2. The van der Waals surface area contributed by atoms with Crippen LogP contribution in [0.15, 0.2) is 45.0 Å². The molecule has 1 heterocycles. The van der Waals surface area contributed by atoms with Crippen LogP contribution in [0.25, 0.3) is 0 Å². The number of hydrogen-bond donors (Lipinski definition) is 0. The van der Waals surface area contributed by atoms with Gasteiger partial charge in [-0.25, -0.2) is 9.97 Å². The van der Waals surface area contributed by atoms with Crippen molar-refractivity contribution in [1.82, 2.24) is 9.97 Å². The molecular formula is C11H8BrClN2S. The highest BCUT2D eigenvalue weighted by Gasteiger charge is 2.06. The highest BCUT2D eigenvalue weighted by Crippen LogP contribution is 2.30. The van der Waals surface area contributed by atoms with E-state index in [4.69, 9.17) is 11.6 Å². The van der Waals surface area contributed by atoms with Crippen molar-refractivity contribution in [2.45, 2.75) is 16.8 Å². The topological polar surface area (TPSA) is 25.8 Å². The molecule has 0 aliphatic rings. The summed E-state index contributed by atoms with van der Waals surface area (Å²) in [6, 6.07) is 8.06. The first kappa shape index (κ1) is 11.9. The van der Waals surface area contributed by atoms with Gasteiger partial charge < -0.3 is 0 Å². The van der Waals surface area contributed by atoms with Crippen LogP contribution in [0.2, 0.25) is 5.15 Å². The quantitative estimate of drug-likeness (QED) is 0.770. The number of benzene rings is 1. The van der Waals surface area contributed by atoms with Gasteiger partial charge in [0.1, 0.15) is 16.5 Å². The van der Waals surface area contributed by atoms with Crippen LogP contribution in [0.1, 0.15) is 5.56 Å². The molecule has 2 aromatic rings. The predicted molar refractivity (Wildman–Crippen MR) is 70.0 cm³/mol. The number of rotatable bonds is 2. The maximum Gasteiger partial charge on any atom is 0.136 e. The molecule has 0 aliphatic carbocycles. The minimum absolute atomic E-state index is 0.509. The zero-order valence-electron chi connectivity index (χ0n) is 8.45. The van der Waals surface area contributed by atoms with Crippen LogP contribution in [-0.4, -0.2) is 9.97 Å². The summed E-state index contributed by atoms with van der Waals surface area (Å²) in [6.07, 6.45) is 1.48. The van der Waals surface area contributed by atoms with Crippen molar-refractivity contribution >= 4 is 39.3 Å². The number of hydrogen-bond acceptors (Lipinski definition) is 3. The highest BCUT2D eigenvalue weighted by atomic mass is 79.9. The molecule has 1 aromatic heterocycles. The summed E-state index contributed by atoms with van der Waals surface area (Å²) in [7, 11) is 0. The van der Waals surface area contributed by atoms with Crippen molar-refractivity contribution in [3.63, 3.8) is 0 Å². The van der Waals surface area contributed by atoms with Gasteiger partial charge in [0, 0.05) is 14.9 Å². The Kier molecular flexibility index (Phi) is 3.84. The molecule has 0 aliphatic heterocycles. The minimum Gasteiger partial charge on any atom is -0.229 e. The second kappa shape index (κ2) is 5.17. The molecule has 0 unspecified atom stereocenters. The second-order valence-electron chi connectivity index (χ2n) is 3.15. The van der Waals surface area contributed by atoms with Gasteiger partial charge in [-0.05, 0) is 31.2 Å². The van der Waals surface area contributed by atoms with Gasteiger partial charge in [-0.1, -0.05) is 39.3 Å². The van der Waals surface area contributed by atoms with Crippen LogP contribution < -0.4 is 0 Å². The Balaban J connectivity index is 2.27. The lowest BCUT2D eigenvalue weighted by Crippen LogP contribution is -1.89. The third kappa shape index (κ3) is 2.75. The summed E-state index contributed by atoms with van der Waals surface area (Å²) < 4.78 is 1.06. The molecule has 16 heavy (non-hydrogen) atoms. The molecule has 0 amide bonds. The van der Waals surface area contributed by atoms with E-state index in [1.165, 1.54) is 6.33 Å². The van der Waals surface area contributed by atoms with Crippen LogP contribution in [0.3, 0.4) is 0 Å². The molecule has 0 radical (unpaired) electrons. The van der Waals surface area contributed by atoms with Crippen LogP contribution in [0.5, 0.6) is 0 Å². The molecular weight excluding hydrogens is 308 g/mol. The largest absolute Gasteiger partial charge is 0.229 e. The lowest BCUT2D eigenvalue weighted by Gasteiger charge is -2.04. The number of halogens is 2. The first-order chi connectivity index (χ1) is 7.66. The fraction of sp³-hybridized carbons (Fsp3) is 0.0909. The van der Waals surface area contributed by atoms with Gasteiger partial charge in [-0.15, -0.1) is 0 Å². The van der Waals surface area contributed by atoms with Crippen LogP contribution in [0.4, 0.5) is 0 Å². The van der Waals surface area contributed by atoms with Crippen LogP contribution in [0, 0.1) is 6.92 Å². The summed E-state index contributed by atoms with van der Waals surface area (Å²) in [5, 5.41) is 1.40. The minimum atomic E-state index is 0.509. The van der Waals surface area contributed by atoms with E-state index in [0.29, 0.717) is 5.15 Å². The lowest BCUT2D eigenvalue weighted by atomic mass is 10.4. The van der Waals surface area contributed by atoms with Gasteiger partial charge in [-0.2, -0.15) is 0 Å². The van der Waals surface area contributed by atoms with E-state index in [2.05, 4.69) is 25.9 Å². The van der Waals surface area contributed by atoms with E-state index in [1.807, 2.05) is 31.2 Å². The van der Waals surface area contributed by atoms with Gasteiger partial charge in [0.15, 0.2) is 0 Å². The Morgan fingerprint density at radius 2 is 1.88 bits per heavy atom. The second-order valence-corrected chi connectivity index (χ2v) is 5.49. The molecule has 2 rings (SSSR count). The Morgan fingerprint density at radius 1 is 1.19 bits per heavy atom. The highest BCUT2D eigenvalue weighted by molar-refractivity contribution is 9.10. The molecule has 0 saturated carbocycles. The first-order valence-corrected chi connectivity index (χ1v) is 6.56. The summed E-state index contributed by atoms with van der Waals surface area (Å²) >= 11 is 10.9. The Bertz CT molecular complexity index is 502.